The van der Waals surface area contributed by atoms with Crippen molar-refractivity contribution in [1.29, 1.82) is 0 Å². The summed E-state index contributed by atoms with van der Waals surface area (Å²) in [7, 11) is 0. The molecule has 0 amide bonds. The molecule has 2 aromatic rings. The molecule has 1 fully saturated rings. The van der Waals surface area contributed by atoms with Crippen molar-refractivity contribution in [3.63, 3.8) is 0 Å². The Morgan fingerprint density at radius 2 is 1.69 bits per heavy atom. The Labute approximate surface area is 156 Å². The number of benzene rings is 2. The van der Waals surface area contributed by atoms with Gasteiger partial charge in [0.25, 0.3) is 0 Å². The predicted octanol–water partition coefficient (Wildman–Crippen LogP) is 3.29. The van der Waals surface area contributed by atoms with Gasteiger partial charge in [-0.15, -0.1) is 0 Å². The standard InChI is InChI=1S/C21H29N3O2/c1-2-6-20(7-3-1)23-22-18-19-8-10-21(11-9-19)26-15-5-4-12-24-13-16-25-17-14-24/h1-3,6-11,22-23H,4-5,12-18H2. The van der Waals surface area contributed by atoms with Crippen molar-refractivity contribution < 1.29 is 9.47 Å². The van der Waals surface area contributed by atoms with Crippen LogP contribution >= 0.6 is 0 Å². The molecule has 2 aromatic carbocycles. The molecule has 1 aliphatic heterocycles. The molecule has 0 spiro atoms. The Morgan fingerprint density at radius 1 is 0.923 bits per heavy atom. The summed E-state index contributed by atoms with van der Waals surface area (Å²) in [6.45, 7) is 6.56. The molecule has 0 radical (unpaired) electrons. The summed E-state index contributed by atoms with van der Waals surface area (Å²) in [6.07, 6.45) is 2.26. The van der Waals surface area contributed by atoms with Gasteiger partial charge >= 0.3 is 0 Å². The highest BCUT2D eigenvalue weighted by Gasteiger charge is 2.09. The zero-order valence-corrected chi connectivity index (χ0v) is 15.3. The number of hydrogen-bond acceptors (Lipinski definition) is 5. The Hall–Kier alpha value is -2.08. The van der Waals surface area contributed by atoms with E-state index in [1.54, 1.807) is 0 Å². The molecule has 2 N–H and O–H groups in total. The SMILES string of the molecule is c1ccc(NNCc2ccc(OCCCCN3CCOCC3)cc2)cc1. The van der Waals surface area contributed by atoms with E-state index in [1.807, 2.05) is 42.5 Å². The van der Waals surface area contributed by atoms with E-state index in [1.165, 1.54) is 12.0 Å². The van der Waals surface area contributed by atoms with Crippen LogP contribution in [0.5, 0.6) is 5.75 Å². The molecule has 1 saturated heterocycles. The van der Waals surface area contributed by atoms with Gasteiger partial charge in [-0.2, -0.15) is 0 Å². The maximum Gasteiger partial charge on any atom is 0.119 e. The normalized spacial score (nSPS) is 14.9. The number of unbranched alkanes of at least 4 members (excludes halogenated alkanes) is 1. The first-order valence-corrected chi connectivity index (χ1v) is 9.46. The Balaban J connectivity index is 1.27. The van der Waals surface area contributed by atoms with Gasteiger partial charge in [-0.25, -0.2) is 5.43 Å². The van der Waals surface area contributed by atoms with Crippen molar-refractivity contribution in [2.24, 2.45) is 0 Å². The molecule has 0 aromatic heterocycles. The van der Waals surface area contributed by atoms with Gasteiger partial charge in [-0.1, -0.05) is 30.3 Å². The number of para-hydroxylation sites is 1. The highest BCUT2D eigenvalue weighted by atomic mass is 16.5. The van der Waals surface area contributed by atoms with Crippen molar-refractivity contribution in [2.45, 2.75) is 19.4 Å². The van der Waals surface area contributed by atoms with Gasteiger partial charge in [-0.05, 0) is 49.2 Å². The predicted molar refractivity (Wildman–Crippen MR) is 105 cm³/mol. The average molecular weight is 355 g/mol. The lowest BCUT2D eigenvalue weighted by atomic mass is 10.2. The van der Waals surface area contributed by atoms with Crippen LogP contribution in [-0.4, -0.2) is 44.4 Å². The molecule has 5 nitrogen and oxygen atoms in total. The summed E-state index contributed by atoms with van der Waals surface area (Å²) in [5.74, 6) is 0.941. The number of nitrogens with one attached hydrogen (secondary N) is 2. The lowest BCUT2D eigenvalue weighted by Gasteiger charge is -2.26. The van der Waals surface area contributed by atoms with E-state index < -0.39 is 0 Å². The fraction of sp³-hybridized carbons (Fsp3) is 0.429. The van der Waals surface area contributed by atoms with E-state index in [9.17, 15) is 0 Å². The van der Waals surface area contributed by atoms with Gasteiger partial charge in [0.05, 0.1) is 19.8 Å². The van der Waals surface area contributed by atoms with Gasteiger partial charge in [-0.3, -0.25) is 4.90 Å². The van der Waals surface area contributed by atoms with Crippen LogP contribution in [0.1, 0.15) is 18.4 Å². The summed E-state index contributed by atoms with van der Waals surface area (Å²) in [5.41, 5.74) is 8.69. The highest BCUT2D eigenvalue weighted by Crippen LogP contribution is 2.13. The summed E-state index contributed by atoms with van der Waals surface area (Å²) in [4.78, 5) is 2.47. The molecule has 3 rings (SSSR count). The fourth-order valence-electron chi connectivity index (χ4n) is 2.93. The van der Waals surface area contributed by atoms with E-state index in [2.05, 4.69) is 27.9 Å². The average Bonchev–Trinajstić information content (AvgIpc) is 2.70. The highest BCUT2D eigenvalue weighted by molar-refractivity contribution is 5.41. The number of ether oxygens (including phenoxy) is 2. The van der Waals surface area contributed by atoms with Crippen molar-refractivity contribution in [3.05, 3.63) is 60.2 Å². The van der Waals surface area contributed by atoms with E-state index in [4.69, 9.17) is 9.47 Å². The van der Waals surface area contributed by atoms with Gasteiger partial charge in [0.1, 0.15) is 5.75 Å². The van der Waals surface area contributed by atoms with Crippen LogP contribution in [-0.2, 0) is 11.3 Å². The van der Waals surface area contributed by atoms with Crippen LogP contribution in [0.25, 0.3) is 0 Å². The van der Waals surface area contributed by atoms with Gasteiger partial charge in [0.2, 0.25) is 0 Å². The van der Waals surface area contributed by atoms with E-state index in [0.717, 1.165) is 63.9 Å². The molecular formula is C21H29N3O2. The second-order valence-corrected chi connectivity index (χ2v) is 6.50. The minimum atomic E-state index is 0.759. The van der Waals surface area contributed by atoms with Crippen molar-refractivity contribution in [2.75, 3.05) is 44.9 Å². The number of rotatable bonds is 10. The minimum absolute atomic E-state index is 0.759. The second-order valence-electron chi connectivity index (χ2n) is 6.50. The first-order valence-electron chi connectivity index (χ1n) is 9.46. The van der Waals surface area contributed by atoms with Gasteiger partial charge in [0, 0.05) is 25.3 Å². The zero-order chi connectivity index (χ0) is 17.9. The van der Waals surface area contributed by atoms with E-state index >= 15 is 0 Å². The lowest BCUT2D eigenvalue weighted by molar-refractivity contribution is 0.0368. The number of hydrazine groups is 1. The van der Waals surface area contributed by atoms with Crippen molar-refractivity contribution in [3.8, 4) is 5.75 Å². The van der Waals surface area contributed by atoms with Crippen LogP contribution < -0.4 is 15.6 Å². The molecular weight excluding hydrogens is 326 g/mol. The molecule has 0 aliphatic carbocycles. The summed E-state index contributed by atoms with van der Waals surface area (Å²) >= 11 is 0. The van der Waals surface area contributed by atoms with Gasteiger partial charge in [0.15, 0.2) is 0 Å². The van der Waals surface area contributed by atoms with Crippen molar-refractivity contribution in [1.82, 2.24) is 10.3 Å². The third-order valence-corrected chi connectivity index (χ3v) is 4.46. The topological polar surface area (TPSA) is 45.8 Å². The maximum atomic E-state index is 5.84. The zero-order valence-electron chi connectivity index (χ0n) is 15.3. The van der Waals surface area contributed by atoms with Crippen LogP contribution in [0.15, 0.2) is 54.6 Å². The van der Waals surface area contributed by atoms with Crippen LogP contribution in [0.3, 0.4) is 0 Å². The summed E-state index contributed by atoms with van der Waals surface area (Å²) in [5, 5.41) is 0. The Kier molecular flexibility index (Phi) is 7.78. The molecule has 5 heteroatoms. The van der Waals surface area contributed by atoms with Crippen LogP contribution in [0, 0.1) is 0 Å². The maximum absolute atomic E-state index is 5.84. The third-order valence-electron chi connectivity index (χ3n) is 4.46. The quantitative estimate of drug-likeness (QED) is 0.506. The first kappa shape index (κ1) is 18.7. The number of hydrogen-bond donors (Lipinski definition) is 2. The monoisotopic (exact) mass is 355 g/mol. The van der Waals surface area contributed by atoms with Crippen molar-refractivity contribution >= 4 is 5.69 Å². The largest absolute Gasteiger partial charge is 0.494 e. The molecule has 0 saturated carbocycles. The molecule has 0 unspecified atom stereocenters. The second kappa shape index (κ2) is 10.8. The number of anilines is 1. The molecule has 140 valence electrons. The molecule has 0 atom stereocenters. The molecule has 26 heavy (non-hydrogen) atoms. The Bertz CT molecular complexity index is 613. The molecule has 1 heterocycles. The van der Waals surface area contributed by atoms with Gasteiger partial charge < -0.3 is 14.9 Å². The fourth-order valence-corrected chi connectivity index (χ4v) is 2.93. The molecule has 0 bridgehead atoms. The number of morpholine rings is 1. The third kappa shape index (κ3) is 6.67. The molecule has 1 aliphatic rings. The first-order chi connectivity index (χ1) is 12.9. The smallest absolute Gasteiger partial charge is 0.119 e. The number of nitrogens with zero attached hydrogens (tertiary/aromatic N) is 1. The van der Waals surface area contributed by atoms with Crippen LogP contribution in [0.2, 0.25) is 0 Å². The van der Waals surface area contributed by atoms with E-state index in [-0.39, 0.29) is 0 Å². The Morgan fingerprint density at radius 3 is 2.46 bits per heavy atom. The van der Waals surface area contributed by atoms with E-state index in [0.29, 0.717) is 0 Å². The lowest BCUT2D eigenvalue weighted by Crippen LogP contribution is -2.36. The summed E-state index contributed by atoms with van der Waals surface area (Å²) < 4.78 is 11.2. The van der Waals surface area contributed by atoms with Crippen LogP contribution in [0.4, 0.5) is 5.69 Å². The minimum Gasteiger partial charge on any atom is -0.494 e. The summed E-state index contributed by atoms with van der Waals surface area (Å²) in [6, 6.07) is 18.4.